The van der Waals surface area contributed by atoms with Crippen LogP contribution in [0.4, 0.5) is 5.82 Å². The molecule has 6 nitrogen and oxygen atoms in total. The van der Waals surface area contributed by atoms with E-state index in [9.17, 15) is 4.79 Å². The first-order valence-electron chi connectivity index (χ1n) is 3.35. The molecular weight excluding hydrogens is 158 g/mol. The number of fused-ring (bicyclic) bond motifs is 1. The minimum atomic E-state index is -0.259. The van der Waals surface area contributed by atoms with Crippen molar-refractivity contribution in [2.45, 2.75) is 0 Å². The van der Waals surface area contributed by atoms with Gasteiger partial charge in [-0.05, 0) is 0 Å². The molecule has 2 rings (SSSR count). The van der Waals surface area contributed by atoms with Gasteiger partial charge >= 0.3 is 0 Å². The van der Waals surface area contributed by atoms with Crippen LogP contribution >= 0.6 is 0 Å². The Morgan fingerprint density at radius 2 is 2.33 bits per heavy atom. The highest BCUT2D eigenvalue weighted by atomic mass is 16.1. The third-order valence-corrected chi connectivity index (χ3v) is 1.67. The topological polar surface area (TPSA) is 89.6 Å². The van der Waals surface area contributed by atoms with Gasteiger partial charge in [0.1, 0.15) is 17.5 Å². The lowest BCUT2D eigenvalue weighted by molar-refractivity contribution is 0.773. The van der Waals surface area contributed by atoms with E-state index in [-0.39, 0.29) is 11.4 Å². The monoisotopic (exact) mass is 165 g/mol. The van der Waals surface area contributed by atoms with Crippen LogP contribution < -0.4 is 11.3 Å². The van der Waals surface area contributed by atoms with Crippen LogP contribution in [-0.2, 0) is 7.05 Å². The molecule has 0 bridgehead atoms. The van der Waals surface area contributed by atoms with Crippen molar-refractivity contribution in [2.24, 2.45) is 7.05 Å². The Morgan fingerprint density at radius 3 is 3.00 bits per heavy atom. The molecule has 2 aromatic heterocycles. The molecule has 0 aliphatic heterocycles. The van der Waals surface area contributed by atoms with E-state index < -0.39 is 0 Å². The Labute approximate surface area is 67.0 Å². The fourth-order valence-corrected chi connectivity index (χ4v) is 1.12. The summed E-state index contributed by atoms with van der Waals surface area (Å²) in [7, 11) is 1.69. The number of nitrogen functional groups attached to an aromatic ring is 1. The van der Waals surface area contributed by atoms with Crippen LogP contribution in [0.3, 0.4) is 0 Å². The van der Waals surface area contributed by atoms with Crippen LogP contribution in [0.15, 0.2) is 11.1 Å². The number of hydrogen-bond donors (Lipinski definition) is 2. The van der Waals surface area contributed by atoms with Gasteiger partial charge in [0.2, 0.25) is 0 Å². The minimum absolute atomic E-state index is 0.210. The first kappa shape index (κ1) is 6.84. The van der Waals surface area contributed by atoms with Gasteiger partial charge in [0.25, 0.3) is 5.56 Å². The van der Waals surface area contributed by atoms with E-state index in [0.717, 1.165) is 0 Å². The molecule has 0 unspecified atom stereocenters. The number of H-pyrrole nitrogens is 1. The zero-order valence-electron chi connectivity index (χ0n) is 6.40. The summed E-state index contributed by atoms with van der Waals surface area (Å²) in [5.41, 5.74) is 5.75. The lowest BCUT2D eigenvalue weighted by Crippen LogP contribution is -2.03. The standard InChI is InChI=1S/C6H7N5O/c1-11-5-3(6(12)10-11)4(7)8-2-9-5/h2H,1H3,(H,10,12)(H2,7,8,9). The van der Waals surface area contributed by atoms with Crippen molar-refractivity contribution in [3.63, 3.8) is 0 Å². The van der Waals surface area contributed by atoms with Crippen molar-refractivity contribution in [1.82, 2.24) is 19.7 Å². The quantitative estimate of drug-likeness (QED) is 0.536. The van der Waals surface area contributed by atoms with Crippen molar-refractivity contribution in [1.29, 1.82) is 0 Å². The number of nitrogens with two attached hydrogens (primary N) is 1. The molecule has 0 spiro atoms. The van der Waals surface area contributed by atoms with Gasteiger partial charge in [0.05, 0.1) is 0 Å². The third kappa shape index (κ3) is 0.714. The highest BCUT2D eigenvalue weighted by Gasteiger charge is 2.08. The summed E-state index contributed by atoms with van der Waals surface area (Å²) in [6.07, 6.45) is 1.32. The van der Waals surface area contributed by atoms with Gasteiger partial charge in [-0.2, -0.15) is 0 Å². The number of anilines is 1. The van der Waals surface area contributed by atoms with E-state index in [1.54, 1.807) is 7.05 Å². The second-order valence-electron chi connectivity index (χ2n) is 2.46. The zero-order chi connectivity index (χ0) is 8.72. The SMILES string of the molecule is Cn1[nH]c(=O)c2c(N)ncnc21. The highest BCUT2D eigenvalue weighted by Crippen LogP contribution is 2.08. The van der Waals surface area contributed by atoms with Gasteiger partial charge in [-0.3, -0.25) is 14.6 Å². The molecule has 0 saturated heterocycles. The van der Waals surface area contributed by atoms with E-state index in [1.165, 1.54) is 11.0 Å². The smallest absolute Gasteiger partial charge is 0.277 e. The van der Waals surface area contributed by atoms with Gasteiger partial charge in [-0.15, -0.1) is 0 Å². The van der Waals surface area contributed by atoms with E-state index in [4.69, 9.17) is 5.73 Å². The lowest BCUT2D eigenvalue weighted by atomic mass is 10.4. The van der Waals surface area contributed by atoms with Crippen molar-refractivity contribution in [3.8, 4) is 0 Å². The fraction of sp³-hybridized carbons (Fsp3) is 0.167. The number of hydrogen-bond acceptors (Lipinski definition) is 4. The number of nitrogens with one attached hydrogen (secondary N) is 1. The maximum atomic E-state index is 11.2. The first-order chi connectivity index (χ1) is 5.70. The molecule has 12 heavy (non-hydrogen) atoms. The van der Waals surface area contributed by atoms with Crippen LogP contribution in [0.25, 0.3) is 11.0 Å². The Balaban J connectivity index is 3.09. The molecule has 0 aliphatic carbocycles. The van der Waals surface area contributed by atoms with Crippen LogP contribution in [-0.4, -0.2) is 19.7 Å². The number of aromatic amines is 1. The summed E-state index contributed by atoms with van der Waals surface area (Å²) in [5.74, 6) is 0.210. The lowest BCUT2D eigenvalue weighted by Gasteiger charge is -1.93. The van der Waals surface area contributed by atoms with Gasteiger partial charge in [0.15, 0.2) is 5.65 Å². The number of aromatic nitrogens is 4. The summed E-state index contributed by atoms with van der Waals surface area (Å²) >= 11 is 0. The first-order valence-corrected chi connectivity index (χ1v) is 3.35. The maximum absolute atomic E-state index is 11.2. The van der Waals surface area contributed by atoms with E-state index in [0.29, 0.717) is 11.0 Å². The largest absolute Gasteiger partial charge is 0.383 e. The molecule has 2 aromatic rings. The zero-order valence-corrected chi connectivity index (χ0v) is 6.40. The van der Waals surface area contributed by atoms with Crippen LogP contribution in [0, 0.1) is 0 Å². The number of aryl methyl sites for hydroxylation is 1. The van der Waals surface area contributed by atoms with E-state index in [2.05, 4.69) is 15.1 Å². The molecule has 62 valence electrons. The molecule has 0 aromatic carbocycles. The van der Waals surface area contributed by atoms with Gasteiger partial charge < -0.3 is 5.73 Å². The Bertz CT molecular complexity index is 482. The molecule has 0 atom stereocenters. The molecule has 0 saturated carbocycles. The second-order valence-corrected chi connectivity index (χ2v) is 2.46. The summed E-state index contributed by atoms with van der Waals surface area (Å²) in [6, 6.07) is 0. The summed E-state index contributed by atoms with van der Waals surface area (Å²) in [6.45, 7) is 0. The van der Waals surface area contributed by atoms with Crippen LogP contribution in [0.1, 0.15) is 0 Å². The highest BCUT2D eigenvalue weighted by molar-refractivity contribution is 5.84. The molecular formula is C6H7N5O. The van der Waals surface area contributed by atoms with Gasteiger partial charge in [-0.1, -0.05) is 0 Å². The summed E-state index contributed by atoms with van der Waals surface area (Å²) < 4.78 is 1.51. The Kier molecular flexibility index (Phi) is 1.18. The Hall–Kier alpha value is -1.85. The van der Waals surface area contributed by atoms with Crippen molar-refractivity contribution in [3.05, 3.63) is 16.7 Å². The second kappa shape index (κ2) is 2.07. The van der Waals surface area contributed by atoms with Crippen LogP contribution in [0.2, 0.25) is 0 Å². The van der Waals surface area contributed by atoms with Gasteiger partial charge in [-0.25, -0.2) is 9.97 Å². The molecule has 0 aliphatic rings. The van der Waals surface area contributed by atoms with Gasteiger partial charge in [0, 0.05) is 7.05 Å². The summed E-state index contributed by atoms with van der Waals surface area (Å²) in [5, 5.41) is 2.88. The molecule has 0 radical (unpaired) electrons. The van der Waals surface area contributed by atoms with Crippen molar-refractivity contribution < 1.29 is 0 Å². The average Bonchev–Trinajstić information content (AvgIpc) is 2.29. The molecule has 2 heterocycles. The van der Waals surface area contributed by atoms with E-state index in [1.807, 2.05) is 0 Å². The van der Waals surface area contributed by atoms with Crippen molar-refractivity contribution in [2.75, 3.05) is 5.73 Å². The number of rotatable bonds is 0. The molecule has 3 N–H and O–H groups in total. The third-order valence-electron chi connectivity index (χ3n) is 1.67. The number of nitrogens with zero attached hydrogens (tertiary/aromatic N) is 3. The normalized spacial score (nSPS) is 10.8. The minimum Gasteiger partial charge on any atom is -0.383 e. The molecule has 0 fully saturated rings. The fourth-order valence-electron chi connectivity index (χ4n) is 1.12. The van der Waals surface area contributed by atoms with E-state index >= 15 is 0 Å². The average molecular weight is 165 g/mol. The predicted octanol–water partition coefficient (Wildman–Crippen LogP) is -0.761. The van der Waals surface area contributed by atoms with Crippen molar-refractivity contribution >= 4 is 16.9 Å². The summed E-state index contributed by atoms with van der Waals surface area (Å²) in [4.78, 5) is 18.8. The van der Waals surface area contributed by atoms with Crippen LogP contribution in [0.5, 0.6) is 0 Å². The predicted molar refractivity (Wildman–Crippen MR) is 43.5 cm³/mol. The maximum Gasteiger partial charge on any atom is 0.277 e. The molecule has 0 amide bonds. The molecule has 6 heteroatoms. The Morgan fingerprint density at radius 1 is 1.58 bits per heavy atom.